The van der Waals surface area contributed by atoms with Gasteiger partial charge in [0, 0.05) is 6.04 Å². The molecule has 1 atom stereocenters. The third kappa shape index (κ3) is 6.80. The molecule has 3 N–H and O–H groups in total. The molecule has 10 heteroatoms. The van der Waals surface area contributed by atoms with E-state index >= 15 is 0 Å². The van der Waals surface area contributed by atoms with E-state index in [1.54, 1.807) is 19.2 Å². The van der Waals surface area contributed by atoms with Gasteiger partial charge in [0.25, 0.3) is 10.0 Å². The molecule has 1 unspecified atom stereocenters. The zero-order valence-corrected chi connectivity index (χ0v) is 23.6. The van der Waals surface area contributed by atoms with E-state index < -0.39 is 10.0 Å². The topological polar surface area (TPSA) is 87.7 Å². The maximum atomic E-state index is 12.7. The largest absolute Gasteiger partial charge is 0.506 e. The first-order valence-electron chi connectivity index (χ1n) is 10.6. The number of rotatable bonds is 7. The highest BCUT2D eigenvalue weighted by atomic mass is 79.9. The lowest BCUT2D eigenvalue weighted by Crippen LogP contribution is -2.31. The van der Waals surface area contributed by atoms with Gasteiger partial charge in [0.15, 0.2) is 0 Å². The molecule has 0 radical (unpaired) electrons. The smallest absolute Gasteiger partial charge is 0.255 e. The number of methoxy groups -OCH3 is 1. The molecule has 3 aromatic carbocycles. The number of phenols is 1. The predicted octanol–water partition coefficient (Wildman–Crippen LogP) is 6.19. The zero-order chi connectivity index (χ0) is 24.3. The van der Waals surface area contributed by atoms with Gasteiger partial charge in [0.1, 0.15) is 11.5 Å². The molecule has 0 saturated heterocycles. The average molecular weight is 645 g/mol. The van der Waals surface area contributed by atoms with E-state index in [0.717, 1.165) is 55.3 Å². The number of sulfonamides is 1. The molecule has 0 fully saturated rings. The van der Waals surface area contributed by atoms with Gasteiger partial charge in [-0.3, -0.25) is 4.72 Å². The van der Waals surface area contributed by atoms with E-state index in [4.69, 9.17) is 4.74 Å². The number of aromatic hydroxyl groups is 1. The van der Waals surface area contributed by atoms with Gasteiger partial charge in [-0.25, -0.2) is 8.42 Å². The second kappa shape index (κ2) is 11.8. The molecule has 35 heavy (non-hydrogen) atoms. The SMILES string of the molecule is COc1c(Br)cc(CC2NCCc3cc(O)c(NS(=O)(=O)C=Cc4ccccc4)cc32)cc1Br.Cl. The number of nitrogens with one attached hydrogen (secondary N) is 2. The van der Waals surface area contributed by atoms with Gasteiger partial charge in [0.05, 0.1) is 27.2 Å². The van der Waals surface area contributed by atoms with Crippen molar-refractivity contribution >= 4 is 66.1 Å². The number of fused-ring (bicyclic) bond motifs is 1. The van der Waals surface area contributed by atoms with Crippen LogP contribution in [0.25, 0.3) is 6.08 Å². The summed E-state index contributed by atoms with van der Waals surface area (Å²) in [5, 5.41) is 15.1. The van der Waals surface area contributed by atoms with Crippen molar-refractivity contribution in [1.82, 2.24) is 5.32 Å². The molecule has 1 heterocycles. The minimum absolute atomic E-state index is 0. The van der Waals surface area contributed by atoms with Crippen molar-refractivity contribution < 1.29 is 18.3 Å². The molecule has 0 amide bonds. The normalized spacial score (nSPS) is 15.3. The standard InChI is InChI=1S/C25H24Br2N2O4S.ClH/c1-33-25-20(26)11-17(12-21(25)27)13-22-19-15-23(24(30)14-18(19)7-9-28-22)29-34(31,32)10-8-16-5-3-2-4-6-16;/h2-6,8,10-12,14-15,22,28-30H,7,9,13H2,1H3;1H. The number of benzene rings is 3. The van der Waals surface area contributed by atoms with Crippen molar-refractivity contribution in [3.63, 3.8) is 0 Å². The number of ether oxygens (including phenoxy) is 1. The molecule has 3 aromatic rings. The van der Waals surface area contributed by atoms with Crippen LogP contribution in [0.3, 0.4) is 0 Å². The van der Waals surface area contributed by atoms with Gasteiger partial charge in [-0.1, -0.05) is 30.3 Å². The lowest BCUT2D eigenvalue weighted by atomic mass is 9.89. The maximum Gasteiger partial charge on any atom is 0.255 e. The van der Waals surface area contributed by atoms with E-state index in [1.807, 2.05) is 42.5 Å². The van der Waals surface area contributed by atoms with Crippen LogP contribution in [0.2, 0.25) is 0 Å². The first kappa shape index (κ1) is 27.5. The molecule has 1 aliphatic heterocycles. The van der Waals surface area contributed by atoms with Crippen LogP contribution < -0.4 is 14.8 Å². The summed E-state index contributed by atoms with van der Waals surface area (Å²) >= 11 is 7.10. The summed E-state index contributed by atoms with van der Waals surface area (Å²) in [6.07, 6.45) is 2.94. The molecule has 0 aliphatic carbocycles. The fourth-order valence-corrected chi connectivity index (χ4v) is 6.50. The molecule has 6 nitrogen and oxygen atoms in total. The van der Waals surface area contributed by atoms with Gasteiger partial charge in [0.2, 0.25) is 0 Å². The summed E-state index contributed by atoms with van der Waals surface area (Å²) in [7, 11) is -2.20. The summed E-state index contributed by atoms with van der Waals surface area (Å²) < 4.78 is 34.9. The molecule has 0 bridgehead atoms. The van der Waals surface area contributed by atoms with E-state index in [1.165, 1.54) is 6.08 Å². The van der Waals surface area contributed by atoms with Crippen molar-refractivity contribution in [2.24, 2.45) is 0 Å². The molecule has 186 valence electrons. The quantitative estimate of drug-likeness (QED) is 0.267. The lowest BCUT2D eigenvalue weighted by Gasteiger charge is -2.28. The molecule has 1 aliphatic rings. The van der Waals surface area contributed by atoms with Gasteiger partial charge in [-0.15, -0.1) is 12.4 Å². The van der Waals surface area contributed by atoms with E-state index in [2.05, 4.69) is 41.9 Å². The average Bonchev–Trinajstić information content (AvgIpc) is 2.79. The number of halogens is 3. The number of anilines is 1. The molecular formula is C25H25Br2ClN2O4S. The van der Waals surface area contributed by atoms with E-state index in [9.17, 15) is 13.5 Å². The highest BCUT2D eigenvalue weighted by molar-refractivity contribution is 9.11. The minimum Gasteiger partial charge on any atom is -0.506 e. The van der Waals surface area contributed by atoms with Crippen molar-refractivity contribution in [1.29, 1.82) is 0 Å². The lowest BCUT2D eigenvalue weighted by molar-refractivity contribution is 0.409. The van der Waals surface area contributed by atoms with Crippen molar-refractivity contribution in [2.45, 2.75) is 18.9 Å². The predicted molar refractivity (Wildman–Crippen MR) is 150 cm³/mol. The van der Waals surface area contributed by atoms with Crippen LogP contribution in [0, 0.1) is 0 Å². The van der Waals surface area contributed by atoms with Gasteiger partial charge in [-0.2, -0.15) is 0 Å². The molecule has 0 aromatic heterocycles. The van der Waals surface area contributed by atoms with Crippen molar-refractivity contribution in [2.75, 3.05) is 18.4 Å². The third-order valence-electron chi connectivity index (χ3n) is 5.61. The number of phenolic OH excluding ortho intramolecular Hbond substituents is 1. The molecular weight excluding hydrogens is 620 g/mol. The Morgan fingerprint density at radius 1 is 1.14 bits per heavy atom. The molecule has 4 rings (SSSR count). The summed E-state index contributed by atoms with van der Waals surface area (Å²) in [6.45, 7) is 0.764. The van der Waals surface area contributed by atoms with Crippen LogP contribution in [0.5, 0.6) is 11.5 Å². The Kier molecular flexibility index (Phi) is 9.28. The monoisotopic (exact) mass is 642 g/mol. The summed E-state index contributed by atoms with van der Waals surface area (Å²) in [5.41, 5.74) is 3.95. The van der Waals surface area contributed by atoms with E-state index in [0.29, 0.717) is 6.42 Å². The Morgan fingerprint density at radius 2 is 1.83 bits per heavy atom. The number of hydrogen-bond donors (Lipinski definition) is 3. The Bertz CT molecular complexity index is 1310. The van der Waals surface area contributed by atoms with Crippen molar-refractivity contribution in [3.05, 3.63) is 91.2 Å². The first-order chi connectivity index (χ1) is 16.3. The second-order valence-corrected chi connectivity index (χ2v) is 11.3. The Morgan fingerprint density at radius 3 is 2.49 bits per heavy atom. The molecule has 0 saturated carbocycles. The Hall–Kier alpha value is -2.04. The summed E-state index contributed by atoms with van der Waals surface area (Å²) in [5.74, 6) is 0.636. The third-order valence-corrected chi connectivity index (χ3v) is 7.79. The summed E-state index contributed by atoms with van der Waals surface area (Å²) in [6, 6.07) is 16.5. The Balaban J connectivity index is 0.00000342. The number of hydrogen-bond acceptors (Lipinski definition) is 5. The van der Waals surface area contributed by atoms with Crippen LogP contribution >= 0.6 is 44.3 Å². The van der Waals surface area contributed by atoms with Gasteiger partial charge in [-0.05, 0) is 104 Å². The Labute approximate surface area is 228 Å². The van der Waals surface area contributed by atoms with Crippen LogP contribution in [0.1, 0.15) is 28.3 Å². The summed E-state index contributed by atoms with van der Waals surface area (Å²) in [4.78, 5) is 0. The first-order valence-corrected chi connectivity index (χ1v) is 13.8. The highest BCUT2D eigenvalue weighted by Crippen LogP contribution is 2.38. The fourth-order valence-electron chi connectivity index (χ4n) is 4.02. The molecule has 0 spiro atoms. The van der Waals surface area contributed by atoms with Crippen LogP contribution in [-0.2, 0) is 22.9 Å². The van der Waals surface area contributed by atoms with Crippen LogP contribution in [0.15, 0.2) is 69.0 Å². The zero-order valence-electron chi connectivity index (χ0n) is 18.8. The highest BCUT2D eigenvalue weighted by Gasteiger charge is 2.24. The maximum absolute atomic E-state index is 12.7. The van der Waals surface area contributed by atoms with E-state index in [-0.39, 0.29) is 29.9 Å². The van der Waals surface area contributed by atoms with Gasteiger partial charge < -0.3 is 15.2 Å². The van der Waals surface area contributed by atoms with Crippen molar-refractivity contribution in [3.8, 4) is 11.5 Å². The van der Waals surface area contributed by atoms with Crippen LogP contribution in [0.4, 0.5) is 5.69 Å². The van der Waals surface area contributed by atoms with Crippen LogP contribution in [-0.4, -0.2) is 27.2 Å². The minimum atomic E-state index is -3.81. The second-order valence-electron chi connectivity index (χ2n) is 7.98. The fraction of sp³-hybridized carbons (Fsp3) is 0.200. The van der Waals surface area contributed by atoms with Gasteiger partial charge >= 0.3 is 0 Å².